The fraction of sp³-hybridized carbons (Fsp3) is 0.524. The average molecular weight is 437 g/mol. The maximum atomic E-state index is 15.4. The van der Waals surface area contributed by atoms with Crippen LogP contribution in [0.4, 0.5) is 18.9 Å². The molecule has 0 amide bonds. The van der Waals surface area contributed by atoms with Crippen LogP contribution in [0.2, 0.25) is 0 Å². The van der Waals surface area contributed by atoms with Crippen LogP contribution in [0.5, 0.6) is 5.75 Å². The van der Waals surface area contributed by atoms with Gasteiger partial charge in [-0.2, -0.15) is 8.78 Å². The van der Waals surface area contributed by atoms with Gasteiger partial charge in [-0.3, -0.25) is 4.79 Å². The number of hydrogen-bond donors (Lipinski definition) is 2. The Kier molecular flexibility index (Phi) is 4.47. The first-order valence-corrected chi connectivity index (χ1v) is 10.3. The zero-order valence-corrected chi connectivity index (χ0v) is 16.8. The first kappa shape index (κ1) is 20.2. The molecule has 1 atom stereocenters. The monoisotopic (exact) mass is 437 g/mol. The molecule has 2 aliphatic carbocycles. The normalized spacial score (nSPS) is 22.0. The summed E-state index contributed by atoms with van der Waals surface area (Å²) < 4.78 is 48.6. The van der Waals surface area contributed by atoms with Crippen LogP contribution in [0.15, 0.2) is 17.1 Å². The molecule has 1 unspecified atom stereocenters. The standard InChI is InChI=1S/C21H22F3N3O4/c1-25-14-8-26(9-21(14)4-5-21)16-13(22)6-11-15(18(16)31-20(23)24)27(10-2-3-10)7-12(17(11)28)19(29)30/h6-7,10,14,20,25H,2-5,8-9H2,1H3,(H,29,30). The van der Waals surface area contributed by atoms with Gasteiger partial charge in [0.05, 0.1) is 10.9 Å². The number of fused-ring (bicyclic) bond motifs is 1. The largest absolute Gasteiger partial charge is 0.477 e. The number of likely N-dealkylation sites (N-methyl/N-ethyl adjacent to an activating group) is 1. The Labute approximate surface area is 175 Å². The fourth-order valence-electron chi connectivity index (χ4n) is 4.94. The van der Waals surface area contributed by atoms with E-state index in [2.05, 4.69) is 5.32 Å². The number of carboxylic acids is 1. The van der Waals surface area contributed by atoms with Crippen LogP contribution in [-0.4, -0.2) is 48.4 Å². The number of nitrogens with zero attached hydrogens (tertiary/aromatic N) is 2. The number of alkyl halides is 2. The highest BCUT2D eigenvalue weighted by molar-refractivity contribution is 5.97. The first-order valence-electron chi connectivity index (χ1n) is 10.3. The van der Waals surface area contributed by atoms with E-state index >= 15 is 4.39 Å². The average Bonchev–Trinajstić information content (AvgIpc) is 3.60. The van der Waals surface area contributed by atoms with E-state index in [0.29, 0.717) is 25.9 Å². The molecule has 1 aromatic carbocycles. The van der Waals surface area contributed by atoms with Crippen molar-refractivity contribution in [3.8, 4) is 5.75 Å². The van der Waals surface area contributed by atoms with Crippen molar-refractivity contribution in [3.05, 3.63) is 33.9 Å². The number of rotatable bonds is 6. The Hall–Kier alpha value is -2.75. The Bertz CT molecular complexity index is 1140. The summed E-state index contributed by atoms with van der Waals surface area (Å²) in [4.78, 5) is 26.0. The van der Waals surface area contributed by atoms with Crippen LogP contribution in [0.1, 0.15) is 42.1 Å². The topological polar surface area (TPSA) is 83.8 Å². The smallest absolute Gasteiger partial charge is 0.387 e. The Balaban J connectivity index is 1.78. The number of anilines is 1. The number of aromatic carboxylic acids is 1. The van der Waals surface area contributed by atoms with Gasteiger partial charge in [-0.15, -0.1) is 0 Å². The van der Waals surface area contributed by atoms with Crippen molar-refractivity contribution in [1.82, 2.24) is 9.88 Å². The molecule has 166 valence electrons. The van der Waals surface area contributed by atoms with E-state index in [0.717, 1.165) is 25.1 Å². The summed E-state index contributed by atoms with van der Waals surface area (Å²) in [5, 5.41) is 12.4. The molecular formula is C21H22F3N3O4. The predicted octanol–water partition coefficient (Wildman–Crippen LogP) is 2.96. The molecule has 3 aliphatic rings. The molecule has 7 nitrogen and oxygen atoms in total. The lowest BCUT2D eigenvalue weighted by Gasteiger charge is -2.25. The van der Waals surface area contributed by atoms with E-state index < -0.39 is 35.1 Å². The highest BCUT2D eigenvalue weighted by Gasteiger charge is 2.55. The van der Waals surface area contributed by atoms with E-state index in [1.54, 1.807) is 4.90 Å². The van der Waals surface area contributed by atoms with Gasteiger partial charge in [-0.1, -0.05) is 0 Å². The number of hydrogen-bond acceptors (Lipinski definition) is 5. The minimum absolute atomic E-state index is 0.0203. The second kappa shape index (κ2) is 6.88. The molecule has 3 fully saturated rings. The van der Waals surface area contributed by atoms with Crippen LogP contribution in [0.3, 0.4) is 0 Å². The molecule has 1 spiro atoms. The van der Waals surface area contributed by atoms with E-state index in [4.69, 9.17) is 4.74 Å². The Morgan fingerprint density at radius 1 is 1.35 bits per heavy atom. The van der Waals surface area contributed by atoms with Crippen molar-refractivity contribution in [2.75, 3.05) is 25.0 Å². The summed E-state index contributed by atoms with van der Waals surface area (Å²) in [6.07, 6.45) is 4.49. The van der Waals surface area contributed by atoms with Gasteiger partial charge in [-0.25, -0.2) is 9.18 Å². The predicted molar refractivity (Wildman–Crippen MR) is 107 cm³/mol. The number of ether oxygens (including phenoxy) is 1. The third kappa shape index (κ3) is 3.15. The van der Waals surface area contributed by atoms with Crippen molar-refractivity contribution in [2.24, 2.45) is 5.41 Å². The van der Waals surface area contributed by atoms with Crippen LogP contribution >= 0.6 is 0 Å². The zero-order valence-electron chi connectivity index (χ0n) is 16.8. The second-order valence-electron chi connectivity index (χ2n) is 8.71. The summed E-state index contributed by atoms with van der Waals surface area (Å²) >= 11 is 0. The van der Waals surface area contributed by atoms with Gasteiger partial charge in [-0.05, 0) is 38.8 Å². The summed E-state index contributed by atoms with van der Waals surface area (Å²) in [6.45, 7) is -2.33. The van der Waals surface area contributed by atoms with Gasteiger partial charge in [0.15, 0.2) is 11.6 Å². The fourth-order valence-corrected chi connectivity index (χ4v) is 4.94. The molecule has 2 saturated carbocycles. The molecule has 2 heterocycles. The quantitative estimate of drug-likeness (QED) is 0.723. The zero-order chi connectivity index (χ0) is 22.1. The minimum Gasteiger partial charge on any atom is -0.477 e. The van der Waals surface area contributed by atoms with Gasteiger partial charge in [0.1, 0.15) is 11.3 Å². The maximum absolute atomic E-state index is 15.4. The second-order valence-corrected chi connectivity index (χ2v) is 8.71. The summed E-state index contributed by atoms with van der Waals surface area (Å²) in [5.41, 5.74) is -1.55. The lowest BCUT2D eigenvalue weighted by molar-refractivity contribution is -0.0488. The SMILES string of the molecule is CNC1CN(c2c(F)cc3c(=O)c(C(=O)O)cn(C4CC4)c3c2OC(F)F)CC12CC2. The molecule has 2 aromatic rings. The van der Waals surface area contributed by atoms with Gasteiger partial charge < -0.3 is 24.6 Å². The first-order chi connectivity index (χ1) is 14.8. The molecule has 0 bridgehead atoms. The summed E-state index contributed by atoms with van der Waals surface area (Å²) in [6, 6.07) is 0.892. The van der Waals surface area contributed by atoms with Crippen molar-refractivity contribution < 1.29 is 27.8 Å². The number of benzene rings is 1. The number of nitrogens with one attached hydrogen (secondary N) is 1. The maximum Gasteiger partial charge on any atom is 0.387 e. The summed E-state index contributed by atoms with van der Waals surface area (Å²) in [5.74, 6) is -2.73. The molecule has 31 heavy (non-hydrogen) atoms. The van der Waals surface area contributed by atoms with Crippen LogP contribution in [0.25, 0.3) is 10.9 Å². The molecule has 2 N–H and O–H groups in total. The van der Waals surface area contributed by atoms with Crippen molar-refractivity contribution >= 4 is 22.6 Å². The molecule has 10 heteroatoms. The number of carbonyl (C=O) groups is 1. The van der Waals surface area contributed by atoms with Gasteiger partial charge in [0.2, 0.25) is 5.43 Å². The Morgan fingerprint density at radius 2 is 2.06 bits per heavy atom. The summed E-state index contributed by atoms with van der Waals surface area (Å²) in [7, 11) is 1.82. The van der Waals surface area contributed by atoms with Crippen molar-refractivity contribution in [1.29, 1.82) is 0 Å². The molecule has 1 aliphatic heterocycles. The molecular weight excluding hydrogens is 415 g/mol. The van der Waals surface area contributed by atoms with Crippen LogP contribution in [0, 0.1) is 11.2 Å². The third-order valence-corrected chi connectivity index (χ3v) is 6.78. The van der Waals surface area contributed by atoms with Gasteiger partial charge in [0, 0.05) is 36.8 Å². The van der Waals surface area contributed by atoms with Crippen molar-refractivity contribution in [3.63, 3.8) is 0 Å². The Morgan fingerprint density at radius 3 is 2.58 bits per heavy atom. The van der Waals surface area contributed by atoms with Gasteiger partial charge in [0.25, 0.3) is 0 Å². The van der Waals surface area contributed by atoms with Crippen LogP contribution < -0.4 is 20.4 Å². The number of carboxylic acid groups (broad SMARTS) is 1. The van der Waals surface area contributed by atoms with E-state index in [1.807, 2.05) is 7.05 Å². The number of halogens is 3. The lowest BCUT2D eigenvalue weighted by atomic mass is 10.0. The highest BCUT2D eigenvalue weighted by Crippen LogP contribution is 2.55. The lowest BCUT2D eigenvalue weighted by Crippen LogP contribution is -2.34. The number of pyridine rings is 1. The number of aromatic nitrogens is 1. The molecule has 1 saturated heterocycles. The minimum atomic E-state index is -3.23. The van der Waals surface area contributed by atoms with E-state index in [-0.39, 0.29) is 34.1 Å². The van der Waals surface area contributed by atoms with E-state index in [9.17, 15) is 23.5 Å². The highest BCUT2D eigenvalue weighted by atomic mass is 19.3. The molecule has 0 radical (unpaired) electrons. The van der Waals surface area contributed by atoms with E-state index in [1.165, 1.54) is 4.57 Å². The molecule has 1 aromatic heterocycles. The third-order valence-electron chi connectivity index (χ3n) is 6.78. The van der Waals surface area contributed by atoms with Crippen LogP contribution in [-0.2, 0) is 0 Å². The van der Waals surface area contributed by atoms with Gasteiger partial charge >= 0.3 is 12.6 Å². The van der Waals surface area contributed by atoms with Crippen molar-refractivity contribution in [2.45, 2.75) is 44.4 Å². The molecule has 5 rings (SSSR count).